The predicted molar refractivity (Wildman–Crippen MR) is 107 cm³/mol. The fourth-order valence-electron chi connectivity index (χ4n) is 2.29. The molecule has 2 rings (SSSR count). The number of carbonyl (C=O) groups is 1. The monoisotopic (exact) mass is 390 g/mol. The van der Waals surface area contributed by atoms with Crippen molar-refractivity contribution in [2.75, 3.05) is 11.3 Å². The third-order valence-electron chi connectivity index (χ3n) is 3.56. The van der Waals surface area contributed by atoms with Gasteiger partial charge in [-0.2, -0.15) is 0 Å². The van der Waals surface area contributed by atoms with E-state index in [9.17, 15) is 13.2 Å². The molecule has 0 aromatic heterocycles. The van der Waals surface area contributed by atoms with Gasteiger partial charge in [-0.3, -0.25) is 9.52 Å². The summed E-state index contributed by atoms with van der Waals surface area (Å²) in [6.45, 7) is 8.34. The molecule has 0 spiro atoms. The van der Waals surface area contributed by atoms with Crippen molar-refractivity contribution in [1.29, 1.82) is 0 Å². The molecule has 1 amide bonds. The van der Waals surface area contributed by atoms with Gasteiger partial charge in [0.1, 0.15) is 5.75 Å². The molecule has 0 heterocycles. The van der Waals surface area contributed by atoms with Gasteiger partial charge in [0, 0.05) is 17.8 Å². The zero-order valence-corrected chi connectivity index (χ0v) is 16.8. The summed E-state index contributed by atoms with van der Waals surface area (Å²) in [6.07, 6.45) is 0.0390. The SMILES string of the molecule is CC(C)CNC(=O)c1cccc(S(=O)(=O)Nc2ccc(OC(C)C)cc2)c1. The van der Waals surface area contributed by atoms with Gasteiger partial charge in [0.25, 0.3) is 15.9 Å². The lowest BCUT2D eigenvalue weighted by molar-refractivity contribution is 0.0949. The summed E-state index contributed by atoms with van der Waals surface area (Å²) in [5, 5.41) is 2.78. The Labute approximate surface area is 161 Å². The first-order valence-electron chi connectivity index (χ1n) is 8.85. The summed E-state index contributed by atoms with van der Waals surface area (Å²) in [5.41, 5.74) is 0.722. The molecule has 0 unspecified atom stereocenters. The topological polar surface area (TPSA) is 84.5 Å². The van der Waals surface area contributed by atoms with Crippen LogP contribution in [0.1, 0.15) is 38.1 Å². The number of benzene rings is 2. The molecule has 2 aromatic rings. The Morgan fingerprint density at radius 2 is 1.70 bits per heavy atom. The number of ether oxygens (including phenoxy) is 1. The molecule has 0 saturated carbocycles. The van der Waals surface area contributed by atoms with Crippen molar-refractivity contribution < 1.29 is 17.9 Å². The summed E-state index contributed by atoms with van der Waals surface area (Å²) in [7, 11) is -3.81. The number of nitrogens with one attached hydrogen (secondary N) is 2. The van der Waals surface area contributed by atoms with Crippen LogP contribution in [0.25, 0.3) is 0 Å². The number of amides is 1. The summed E-state index contributed by atoms with van der Waals surface area (Å²) in [5.74, 6) is 0.679. The van der Waals surface area contributed by atoms with Crippen LogP contribution in [0.3, 0.4) is 0 Å². The van der Waals surface area contributed by atoms with Gasteiger partial charge in [0.2, 0.25) is 0 Å². The minimum atomic E-state index is -3.81. The van der Waals surface area contributed by atoms with Crippen molar-refractivity contribution in [3.8, 4) is 5.75 Å². The highest BCUT2D eigenvalue weighted by molar-refractivity contribution is 7.92. The van der Waals surface area contributed by atoms with E-state index in [-0.39, 0.29) is 16.9 Å². The second-order valence-corrected chi connectivity index (χ2v) is 8.61. The van der Waals surface area contributed by atoms with Crippen molar-refractivity contribution >= 4 is 21.6 Å². The molecule has 2 N–H and O–H groups in total. The van der Waals surface area contributed by atoms with Crippen molar-refractivity contribution in [2.45, 2.75) is 38.7 Å². The van der Waals surface area contributed by atoms with Crippen LogP contribution in [0, 0.1) is 5.92 Å². The molecule has 0 atom stereocenters. The standard InChI is InChI=1S/C20H26N2O4S/c1-14(2)13-21-20(23)16-6-5-7-19(12-16)27(24,25)22-17-8-10-18(11-9-17)26-15(3)4/h5-12,14-15,22H,13H2,1-4H3,(H,21,23). The highest BCUT2D eigenvalue weighted by Gasteiger charge is 2.17. The van der Waals surface area contributed by atoms with E-state index in [1.807, 2.05) is 27.7 Å². The second-order valence-electron chi connectivity index (χ2n) is 6.93. The highest BCUT2D eigenvalue weighted by atomic mass is 32.2. The first kappa shape index (κ1) is 20.8. The molecule has 7 heteroatoms. The van der Waals surface area contributed by atoms with Gasteiger partial charge >= 0.3 is 0 Å². The molecule has 0 aliphatic rings. The van der Waals surface area contributed by atoms with E-state index in [0.29, 0.717) is 29.5 Å². The maximum Gasteiger partial charge on any atom is 0.261 e. The number of rotatable bonds is 8. The van der Waals surface area contributed by atoms with E-state index in [1.54, 1.807) is 36.4 Å². The van der Waals surface area contributed by atoms with E-state index in [0.717, 1.165) is 0 Å². The van der Waals surface area contributed by atoms with Gasteiger partial charge in [0.05, 0.1) is 11.0 Å². The first-order chi connectivity index (χ1) is 12.7. The Bertz CT molecular complexity index is 875. The molecule has 0 saturated heterocycles. The minimum Gasteiger partial charge on any atom is -0.491 e. The summed E-state index contributed by atoms with van der Waals surface area (Å²) < 4.78 is 33.3. The molecule has 2 aromatic carbocycles. The lowest BCUT2D eigenvalue weighted by Gasteiger charge is -2.12. The quantitative estimate of drug-likeness (QED) is 0.720. The van der Waals surface area contributed by atoms with Crippen molar-refractivity contribution in [2.24, 2.45) is 5.92 Å². The van der Waals surface area contributed by atoms with Gasteiger partial charge in [-0.15, -0.1) is 0 Å². The van der Waals surface area contributed by atoms with Crippen LogP contribution in [0.2, 0.25) is 0 Å². The molecule has 0 aliphatic carbocycles. The lowest BCUT2D eigenvalue weighted by atomic mass is 10.2. The smallest absolute Gasteiger partial charge is 0.261 e. The number of carbonyl (C=O) groups excluding carboxylic acids is 1. The fourth-order valence-corrected chi connectivity index (χ4v) is 3.40. The van der Waals surface area contributed by atoms with Crippen molar-refractivity contribution in [3.63, 3.8) is 0 Å². The molecule has 0 aliphatic heterocycles. The van der Waals surface area contributed by atoms with Crippen LogP contribution in [-0.4, -0.2) is 27.0 Å². The maximum atomic E-state index is 12.6. The van der Waals surface area contributed by atoms with Gasteiger partial charge in [0.15, 0.2) is 0 Å². The Morgan fingerprint density at radius 3 is 2.30 bits per heavy atom. The normalized spacial score (nSPS) is 11.5. The molecule has 0 fully saturated rings. The summed E-state index contributed by atoms with van der Waals surface area (Å²) in [4.78, 5) is 12.2. The van der Waals surface area contributed by atoms with Gasteiger partial charge in [-0.25, -0.2) is 8.42 Å². The molecular weight excluding hydrogens is 364 g/mol. The molecule has 6 nitrogen and oxygen atoms in total. The molecule has 0 bridgehead atoms. The van der Waals surface area contributed by atoms with Gasteiger partial charge in [-0.05, 0) is 62.2 Å². The average Bonchev–Trinajstić information content (AvgIpc) is 2.61. The zero-order valence-electron chi connectivity index (χ0n) is 16.0. The van der Waals surface area contributed by atoms with Crippen LogP contribution in [-0.2, 0) is 10.0 Å². The van der Waals surface area contributed by atoms with E-state index >= 15 is 0 Å². The van der Waals surface area contributed by atoms with Crippen molar-refractivity contribution in [1.82, 2.24) is 5.32 Å². The number of anilines is 1. The van der Waals surface area contributed by atoms with Crippen LogP contribution in [0.15, 0.2) is 53.4 Å². The Hall–Kier alpha value is -2.54. The predicted octanol–water partition coefficient (Wildman–Crippen LogP) is 3.66. The minimum absolute atomic E-state index is 0.0298. The molecular formula is C20H26N2O4S. The highest BCUT2D eigenvalue weighted by Crippen LogP contribution is 2.21. The van der Waals surface area contributed by atoms with E-state index in [2.05, 4.69) is 10.0 Å². The van der Waals surface area contributed by atoms with Gasteiger partial charge < -0.3 is 10.1 Å². The van der Waals surface area contributed by atoms with E-state index < -0.39 is 10.0 Å². The first-order valence-corrected chi connectivity index (χ1v) is 10.3. The van der Waals surface area contributed by atoms with E-state index in [4.69, 9.17) is 4.74 Å². The molecule has 27 heavy (non-hydrogen) atoms. The third-order valence-corrected chi connectivity index (χ3v) is 4.93. The largest absolute Gasteiger partial charge is 0.491 e. The van der Waals surface area contributed by atoms with Crippen molar-refractivity contribution in [3.05, 3.63) is 54.1 Å². The average molecular weight is 391 g/mol. The molecule has 146 valence electrons. The number of sulfonamides is 1. The van der Waals surface area contributed by atoms with Gasteiger partial charge in [-0.1, -0.05) is 19.9 Å². The number of hydrogen-bond donors (Lipinski definition) is 2. The van der Waals surface area contributed by atoms with Crippen LogP contribution < -0.4 is 14.8 Å². The van der Waals surface area contributed by atoms with E-state index in [1.165, 1.54) is 12.1 Å². The van der Waals surface area contributed by atoms with Crippen LogP contribution in [0.4, 0.5) is 5.69 Å². The third kappa shape index (κ3) is 6.29. The summed E-state index contributed by atoms with van der Waals surface area (Å²) in [6, 6.07) is 12.6. The zero-order chi connectivity index (χ0) is 20.0. The van der Waals surface area contributed by atoms with Crippen LogP contribution in [0.5, 0.6) is 5.75 Å². The Morgan fingerprint density at radius 1 is 1.04 bits per heavy atom. The second kappa shape index (κ2) is 8.90. The Balaban J connectivity index is 2.14. The fraction of sp³-hybridized carbons (Fsp3) is 0.350. The lowest BCUT2D eigenvalue weighted by Crippen LogP contribution is -2.27. The number of hydrogen-bond acceptors (Lipinski definition) is 4. The Kier molecular flexibility index (Phi) is 6.85. The summed E-state index contributed by atoms with van der Waals surface area (Å²) >= 11 is 0. The van der Waals surface area contributed by atoms with Crippen LogP contribution >= 0.6 is 0 Å². The maximum absolute atomic E-state index is 12.6. The molecule has 0 radical (unpaired) electrons.